The largest absolute Gasteiger partial charge is 0.381 e. The van der Waals surface area contributed by atoms with Gasteiger partial charge in [-0.05, 0) is 37.0 Å². The molecule has 19 heavy (non-hydrogen) atoms. The van der Waals surface area contributed by atoms with Gasteiger partial charge in [-0.2, -0.15) is 0 Å². The van der Waals surface area contributed by atoms with Gasteiger partial charge >= 0.3 is 0 Å². The van der Waals surface area contributed by atoms with Crippen LogP contribution >= 0.6 is 11.6 Å². The molecule has 1 aliphatic heterocycles. The summed E-state index contributed by atoms with van der Waals surface area (Å²) in [6, 6.07) is 4.67. The van der Waals surface area contributed by atoms with Crippen LogP contribution in [0.4, 0.5) is 4.39 Å². The Labute approximate surface area is 116 Å². The van der Waals surface area contributed by atoms with Crippen LogP contribution in [-0.4, -0.2) is 22.8 Å². The molecule has 0 spiro atoms. The number of fused-ring (bicyclic) bond motifs is 1. The molecule has 0 radical (unpaired) electrons. The van der Waals surface area contributed by atoms with Crippen molar-refractivity contribution < 1.29 is 9.13 Å². The summed E-state index contributed by atoms with van der Waals surface area (Å²) in [6.07, 6.45) is 2.13. The zero-order valence-electron chi connectivity index (χ0n) is 10.6. The first-order chi connectivity index (χ1) is 9.28. The summed E-state index contributed by atoms with van der Waals surface area (Å²) in [5, 5.41) is 0. The fraction of sp³-hybridized carbons (Fsp3) is 0.500. The Morgan fingerprint density at radius 1 is 1.47 bits per heavy atom. The Kier molecular flexibility index (Phi) is 3.71. The summed E-state index contributed by atoms with van der Waals surface area (Å²) in [5.74, 6) is 1.51. The van der Waals surface area contributed by atoms with Crippen molar-refractivity contribution in [3.8, 4) is 0 Å². The van der Waals surface area contributed by atoms with E-state index in [1.165, 1.54) is 12.1 Å². The van der Waals surface area contributed by atoms with Crippen LogP contribution < -0.4 is 0 Å². The molecule has 1 atom stereocenters. The molecule has 1 saturated heterocycles. The average molecular weight is 283 g/mol. The predicted octanol–water partition coefficient (Wildman–Crippen LogP) is 3.34. The van der Waals surface area contributed by atoms with Crippen LogP contribution in [0.25, 0.3) is 11.0 Å². The molecule has 2 heterocycles. The zero-order valence-corrected chi connectivity index (χ0v) is 11.4. The number of aryl methyl sites for hydroxylation is 1. The Morgan fingerprint density at radius 3 is 3.11 bits per heavy atom. The molecule has 3 rings (SSSR count). The highest BCUT2D eigenvalue weighted by Crippen LogP contribution is 2.22. The van der Waals surface area contributed by atoms with Crippen molar-refractivity contribution >= 4 is 22.6 Å². The number of imidazole rings is 1. The number of halogens is 2. The van der Waals surface area contributed by atoms with E-state index in [4.69, 9.17) is 16.3 Å². The highest BCUT2D eigenvalue weighted by atomic mass is 35.5. The van der Waals surface area contributed by atoms with Crippen LogP contribution in [0.3, 0.4) is 0 Å². The molecule has 1 aromatic heterocycles. The van der Waals surface area contributed by atoms with Gasteiger partial charge in [0.2, 0.25) is 0 Å². The molecule has 3 nitrogen and oxygen atoms in total. The molecule has 0 amide bonds. The highest BCUT2D eigenvalue weighted by molar-refractivity contribution is 6.16. The molecule has 0 N–H and O–H groups in total. The van der Waals surface area contributed by atoms with Gasteiger partial charge in [-0.3, -0.25) is 0 Å². The quantitative estimate of drug-likeness (QED) is 0.804. The first kappa shape index (κ1) is 12.9. The van der Waals surface area contributed by atoms with Gasteiger partial charge in [-0.1, -0.05) is 0 Å². The maximum atomic E-state index is 13.4. The van der Waals surface area contributed by atoms with E-state index in [-0.39, 0.29) is 5.82 Å². The Hall–Kier alpha value is -1.13. The summed E-state index contributed by atoms with van der Waals surface area (Å²) in [6.45, 7) is 2.50. The minimum Gasteiger partial charge on any atom is -0.381 e. The normalized spacial score (nSPS) is 19.4. The van der Waals surface area contributed by atoms with Gasteiger partial charge in [-0.15, -0.1) is 11.6 Å². The number of hydrogen-bond acceptors (Lipinski definition) is 2. The lowest BCUT2D eigenvalue weighted by Crippen LogP contribution is -2.08. The van der Waals surface area contributed by atoms with Crippen molar-refractivity contribution in [3.05, 3.63) is 29.8 Å². The standard InChI is InChI=1S/C14H16ClFN2O/c15-8-14-17-12-2-1-11(16)7-13(12)18(14)5-3-10-4-6-19-9-10/h1-2,7,10H,3-6,8-9H2. The molecule has 102 valence electrons. The van der Waals surface area contributed by atoms with E-state index in [0.717, 1.165) is 49.5 Å². The predicted molar refractivity (Wildman–Crippen MR) is 72.8 cm³/mol. The van der Waals surface area contributed by atoms with Gasteiger partial charge in [0.05, 0.1) is 16.9 Å². The molecule has 1 unspecified atom stereocenters. The second kappa shape index (κ2) is 5.47. The van der Waals surface area contributed by atoms with Gasteiger partial charge in [0.15, 0.2) is 0 Å². The molecule has 0 aliphatic carbocycles. The fourth-order valence-electron chi connectivity index (χ4n) is 2.62. The van der Waals surface area contributed by atoms with Crippen LogP contribution in [0.2, 0.25) is 0 Å². The van der Waals surface area contributed by atoms with Crippen LogP contribution in [0.15, 0.2) is 18.2 Å². The summed E-state index contributed by atoms with van der Waals surface area (Å²) in [5.41, 5.74) is 1.63. The first-order valence-electron chi connectivity index (χ1n) is 6.56. The number of alkyl halides is 1. The van der Waals surface area contributed by atoms with Gasteiger partial charge in [0.1, 0.15) is 11.6 Å². The van der Waals surface area contributed by atoms with Crippen molar-refractivity contribution in [1.29, 1.82) is 0 Å². The van der Waals surface area contributed by atoms with Gasteiger partial charge in [-0.25, -0.2) is 9.37 Å². The molecular weight excluding hydrogens is 267 g/mol. The van der Waals surface area contributed by atoms with E-state index in [2.05, 4.69) is 4.98 Å². The van der Waals surface area contributed by atoms with Crippen molar-refractivity contribution in [2.75, 3.05) is 13.2 Å². The van der Waals surface area contributed by atoms with Gasteiger partial charge in [0, 0.05) is 19.8 Å². The SMILES string of the molecule is Fc1ccc2nc(CCl)n(CCC3CCOC3)c2c1. The highest BCUT2D eigenvalue weighted by Gasteiger charge is 2.17. The lowest BCUT2D eigenvalue weighted by atomic mass is 10.1. The third-order valence-corrected chi connectivity index (χ3v) is 3.93. The Morgan fingerprint density at radius 2 is 2.37 bits per heavy atom. The number of aromatic nitrogens is 2. The van der Waals surface area contributed by atoms with Gasteiger partial charge < -0.3 is 9.30 Å². The molecule has 1 aliphatic rings. The molecule has 1 aromatic carbocycles. The summed E-state index contributed by atoms with van der Waals surface area (Å²) >= 11 is 5.94. The van der Waals surface area contributed by atoms with Crippen molar-refractivity contribution in [2.45, 2.75) is 25.3 Å². The smallest absolute Gasteiger partial charge is 0.125 e. The van der Waals surface area contributed by atoms with E-state index in [9.17, 15) is 4.39 Å². The number of benzene rings is 1. The number of nitrogens with zero attached hydrogens (tertiary/aromatic N) is 2. The van der Waals surface area contributed by atoms with Crippen molar-refractivity contribution in [1.82, 2.24) is 9.55 Å². The molecule has 0 bridgehead atoms. The maximum absolute atomic E-state index is 13.4. The van der Waals surface area contributed by atoms with E-state index in [1.54, 1.807) is 6.07 Å². The molecule has 1 fully saturated rings. The van der Waals surface area contributed by atoms with Crippen molar-refractivity contribution in [3.63, 3.8) is 0 Å². The molecule has 0 saturated carbocycles. The lowest BCUT2D eigenvalue weighted by molar-refractivity contribution is 0.183. The van der Waals surface area contributed by atoms with E-state index < -0.39 is 0 Å². The minimum atomic E-state index is -0.237. The third-order valence-electron chi connectivity index (χ3n) is 3.69. The van der Waals surface area contributed by atoms with E-state index >= 15 is 0 Å². The van der Waals surface area contributed by atoms with Crippen LogP contribution in [0.5, 0.6) is 0 Å². The van der Waals surface area contributed by atoms with Crippen LogP contribution in [-0.2, 0) is 17.2 Å². The number of hydrogen-bond donors (Lipinski definition) is 0. The lowest BCUT2D eigenvalue weighted by Gasteiger charge is -2.11. The summed E-state index contributed by atoms with van der Waals surface area (Å²) in [4.78, 5) is 4.45. The Bertz CT molecular complexity index is 578. The molecule has 2 aromatic rings. The average Bonchev–Trinajstić information content (AvgIpc) is 3.03. The Balaban J connectivity index is 1.88. The monoisotopic (exact) mass is 282 g/mol. The zero-order chi connectivity index (χ0) is 13.2. The van der Waals surface area contributed by atoms with Crippen LogP contribution in [0.1, 0.15) is 18.7 Å². The van der Waals surface area contributed by atoms with Crippen molar-refractivity contribution in [2.24, 2.45) is 5.92 Å². The number of rotatable bonds is 4. The third kappa shape index (κ3) is 2.60. The fourth-order valence-corrected chi connectivity index (χ4v) is 2.82. The first-order valence-corrected chi connectivity index (χ1v) is 7.10. The second-order valence-corrected chi connectivity index (χ2v) is 5.23. The van der Waals surface area contributed by atoms with Crippen LogP contribution in [0, 0.1) is 11.7 Å². The minimum absolute atomic E-state index is 0.237. The van der Waals surface area contributed by atoms with E-state index in [0.29, 0.717) is 11.8 Å². The van der Waals surface area contributed by atoms with Gasteiger partial charge in [0.25, 0.3) is 0 Å². The summed E-state index contributed by atoms with van der Waals surface area (Å²) in [7, 11) is 0. The number of ether oxygens (including phenoxy) is 1. The second-order valence-electron chi connectivity index (χ2n) is 4.96. The molecule has 5 heteroatoms. The summed E-state index contributed by atoms with van der Waals surface area (Å²) < 4.78 is 20.8. The topological polar surface area (TPSA) is 27.1 Å². The van der Waals surface area contributed by atoms with E-state index in [1.807, 2.05) is 4.57 Å². The molecular formula is C14H16ClFN2O. The maximum Gasteiger partial charge on any atom is 0.125 e.